The number of nitrogens with zero attached hydrogens (tertiary/aromatic N) is 2. The van der Waals surface area contributed by atoms with Gasteiger partial charge in [-0.05, 0) is 42.0 Å². The van der Waals surface area contributed by atoms with Crippen molar-refractivity contribution in [1.82, 2.24) is 0 Å². The van der Waals surface area contributed by atoms with E-state index in [4.69, 9.17) is 9.73 Å². The number of benzene rings is 3. The molecule has 1 fully saturated rings. The van der Waals surface area contributed by atoms with Crippen molar-refractivity contribution in [3.05, 3.63) is 90.5 Å². The SMILES string of the molecule is COc1ccc([C@H]2CC(=O)N(c3ccccc3)C(=Nc3ccccc3)S2)cc1. The predicted molar refractivity (Wildman–Crippen MR) is 115 cm³/mol. The number of hydrogen-bond donors (Lipinski definition) is 0. The predicted octanol–water partition coefficient (Wildman–Crippen LogP) is 5.59. The summed E-state index contributed by atoms with van der Waals surface area (Å²) in [7, 11) is 1.65. The van der Waals surface area contributed by atoms with Crippen molar-refractivity contribution in [1.29, 1.82) is 0 Å². The van der Waals surface area contributed by atoms with Crippen molar-refractivity contribution in [2.45, 2.75) is 11.7 Å². The van der Waals surface area contributed by atoms with Gasteiger partial charge >= 0.3 is 0 Å². The van der Waals surface area contributed by atoms with E-state index in [1.54, 1.807) is 23.8 Å². The fourth-order valence-electron chi connectivity index (χ4n) is 3.10. The van der Waals surface area contributed by atoms with Crippen LogP contribution in [0, 0.1) is 0 Å². The second-order valence-electron chi connectivity index (χ2n) is 6.38. The van der Waals surface area contributed by atoms with Crippen LogP contribution in [0.1, 0.15) is 17.2 Å². The van der Waals surface area contributed by atoms with Gasteiger partial charge in [-0.3, -0.25) is 9.69 Å². The molecule has 1 saturated heterocycles. The number of carbonyl (C=O) groups is 1. The minimum absolute atomic E-state index is 0.0147. The van der Waals surface area contributed by atoms with E-state index in [9.17, 15) is 4.79 Å². The number of methoxy groups -OCH3 is 1. The summed E-state index contributed by atoms with van der Waals surface area (Å²) in [5, 5.41) is 0.704. The Morgan fingerprint density at radius 1 is 0.929 bits per heavy atom. The largest absolute Gasteiger partial charge is 0.497 e. The van der Waals surface area contributed by atoms with Gasteiger partial charge in [0.15, 0.2) is 5.17 Å². The lowest BCUT2D eigenvalue weighted by molar-refractivity contribution is -0.117. The Morgan fingerprint density at radius 3 is 2.21 bits per heavy atom. The lowest BCUT2D eigenvalue weighted by Gasteiger charge is -2.32. The maximum atomic E-state index is 13.1. The average molecular weight is 388 g/mol. The molecular formula is C23H20N2O2S. The normalized spacial score (nSPS) is 18.3. The lowest BCUT2D eigenvalue weighted by atomic mass is 10.1. The first-order valence-corrected chi connectivity index (χ1v) is 9.95. The summed E-state index contributed by atoms with van der Waals surface area (Å²) in [4.78, 5) is 19.6. The smallest absolute Gasteiger partial charge is 0.234 e. The van der Waals surface area contributed by atoms with Gasteiger partial charge in [-0.15, -0.1) is 0 Å². The summed E-state index contributed by atoms with van der Waals surface area (Å²) < 4.78 is 5.25. The van der Waals surface area contributed by atoms with Crippen molar-refractivity contribution in [3.8, 4) is 5.75 Å². The average Bonchev–Trinajstić information content (AvgIpc) is 2.75. The zero-order valence-electron chi connectivity index (χ0n) is 15.5. The maximum Gasteiger partial charge on any atom is 0.234 e. The number of anilines is 1. The van der Waals surface area contributed by atoms with E-state index in [1.807, 2.05) is 84.9 Å². The minimum Gasteiger partial charge on any atom is -0.497 e. The molecule has 0 saturated carbocycles. The molecule has 3 aromatic carbocycles. The molecule has 1 aliphatic heterocycles. The van der Waals surface area contributed by atoms with Crippen molar-refractivity contribution in [2.75, 3.05) is 12.0 Å². The second-order valence-corrected chi connectivity index (χ2v) is 7.55. The molecule has 4 rings (SSSR count). The van der Waals surface area contributed by atoms with Crippen LogP contribution in [-0.4, -0.2) is 18.2 Å². The summed E-state index contributed by atoms with van der Waals surface area (Å²) in [6, 6.07) is 27.3. The second kappa shape index (κ2) is 8.31. The highest BCUT2D eigenvalue weighted by Crippen LogP contribution is 2.41. The monoisotopic (exact) mass is 388 g/mol. The number of carbonyl (C=O) groups excluding carboxylic acids is 1. The Bertz CT molecular complexity index is 973. The van der Waals surface area contributed by atoms with E-state index in [0.29, 0.717) is 11.6 Å². The van der Waals surface area contributed by atoms with Crippen LogP contribution in [0.15, 0.2) is 89.9 Å². The van der Waals surface area contributed by atoms with Crippen LogP contribution < -0.4 is 9.64 Å². The highest BCUT2D eigenvalue weighted by molar-refractivity contribution is 8.14. The van der Waals surface area contributed by atoms with Gasteiger partial charge in [-0.25, -0.2) is 4.99 Å². The standard InChI is InChI=1S/C23H20N2O2S/c1-27-20-14-12-17(13-15-20)21-16-22(26)25(19-10-6-3-7-11-19)23(28-21)24-18-8-4-2-5-9-18/h2-15,21H,16H2,1H3/t21-/m1/s1. The first-order chi connectivity index (χ1) is 13.7. The topological polar surface area (TPSA) is 41.9 Å². The molecule has 0 unspecified atom stereocenters. The molecule has 0 radical (unpaired) electrons. The molecule has 0 aliphatic carbocycles. The van der Waals surface area contributed by atoms with Gasteiger partial charge in [0.1, 0.15) is 5.75 Å². The van der Waals surface area contributed by atoms with Gasteiger partial charge in [-0.1, -0.05) is 60.3 Å². The van der Waals surface area contributed by atoms with E-state index in [2.05, 4.69) is 0 Å². The molecule has 1 atom stereocenters. The van der Waals surface area contributed by atoms with Crippen LogP contribution in [0.4, 0.5) is 11.4 Å². The lowest BCUT2D eigenvalue weighted by Crippen LogP contribution is -2.40. The third-order valence-corrected chi connectivity index (χ3v) is 5.74. The highest BCUT2D eigenvalue weighted by atomic mass is 32.2. The molecule has 0 spiro atoms. The maximum absolute atomic E-state index is 13.1. The molecule has 1 amide bonds. The van der Waals surface area contributed by atoms with E-state index >= 15 is 0 Å². The first-order valence-electron chi connectivity index (χ1n) is 9.07. The molecule has 0 aromatic heterocycles. The van der Waals surface area contributed by atoms with Crippen LogP contribution in [0.3, 0.4) is 0 Å². The van der Waals surface area contributed by atoms with Gasteiger partial charge in [0, 0.05) is 11.7 Å². The number of aliphatic imine (C=N–C) groups is 1. The van der Waals surface area contributed by atoms with Crippen molar-refractivity contribution in [2.24, 2.45) is 4.99 Å². The number of amidine groups is 1. The van der Waals surface area contributed by atoms with E-state index in [1.165, 1.54) is 0 Å². The number of thioether (sulfide) groups is 1. The summed E-state index contributed by atoms with van der Waals surface area (Å²) in [6.07, 6.45) is 0.416. The van der Waals surface area contributed by atoms with Crippen LogP contribution in [0.2, 0.25) is 0 Å². The van der Waals surface area contributed by atoms with Crippen LogP contribution in [-0.2, 0) is 4.79 Å². The molecule has 28 heavy (non-hydrogen) atoms. The van der Waals surface area contributed by atoms with E-state index < -0.39 is 0 Å². The summed E-state index contributed by atoms with van der Waals surface area (Å²) in [5.74, 6) is 0.848. The molecule has 0 N–H and O–H groups in total. The Labute approximate surface area is 168 Å². The Kier molecular flexibility index (Phi) is 5.44. The van der Waals surface area contributed by atoms with Crippen molar-refractivity contribution < 1.29 is 9.53 Å². The summed E-state index contributed by atoms with van der Waals surface area (Å²) in [5.41, 5.74) is 2.75. The van der Waals surface area contributed by atoms with Crippen molar-refractivity contribution in [3.63, 3.8) is 0 Å². The molecule has 5 heteroatoms. The van der Waals surface area contributed by atoms with Gasteiger partial charge in [0.25, 0.3) is 0 Å². The van der Waals surface area contributed by atoms with Gasteiger partial charge in [-0.2, -0.15) is 0 Å². The third kappa shape index (κ3) is 3.94. The zero-order valence-corrected chi connectivity index (χ0v) is 16.3. The van der Waals surface area contributed by atoms with Crippen LogP contribution in [0.25, 0.3) is 0 Å². The highest BCUT2D eigenvalue weighted by Gasteiger charge is 2.33. The summed E-state index contributed by atoms with van der Waals surface area (Å²) in [6.45, 7) is 0. The molecule has 4 nitrogen and oxygen atoms in total. The van der Waals surface area contributed by atoms with E-state index in [0.717, 1.165) is 22.7 Å². The molecule has 3 aromatic rings. The fourth-order valence-corrected chi connectivity index (χ4v) is 4.35. The number of amides is 1. The van der Waals surface area contributed by atoms with Crippen LogP contribution >= 0.6 is 11.8 Å². The molecule has 1 aliphatic rings. The Morgan fingerprint density at radius 2 is 1.57 bits per heavy atom. The van der Waals surface area contributed by atoms with Gasteiger partial charge in [0.2, 0.25) is 5.91 Å². The quantitative estimate of drug-likeness (QED) is 0.585. The molecule has 140 valence electrons. The Balaban J connectivity index is 1.71. The van der Waals surface area contributed by atoms with E-state index in [-0.39, 0.29) is 11.2 Å². The van der Waals surface area contributed by atoms with Gasteiger partial charge in [0.05, 0.1) is 18.5 Å². The minimum atomic E-state index is 0.0147. The fraction of sp³-hybridized carbons (Fsp3) is 0.130. The van der Waals surface area contributed by atoms with Crippen LogP contribution in [0.5, 0.6) is 5.75 Å². The number of rotatable bonds is 4. The van der Waals surface area contributed by atoms with Gasteiger partial charge < -0.3 is 4.74 Å². The summed E-state index contributed by atoms with van der Waals surface area (Å²) >= 11 is 1.61. The number of para-hydroxylation sites is 2. The molecule has 1 heterocycles. The zero-order chi connectivity index (χ0) is 19.3. The Hall–Kier alpha value is -3.05. The number of ether oxygens (including phenoxy) is 1. The van der Waals surface area contributed by atoms with Crippen molar-refractivity contribution >= 4 is 34.2 Å². The molecule has 0 bridgehead atoms. The first kappa shape index (κ1) is 18.3. The third-order valence-electron chi connectivity index (χ3n) is 4.53. The number of hydrogen-bond acceptors (Lipinski definition) is 4. The molecular weight excluding hydrogens is 368 g/mol.